The first-order valence-electron chi connectivity index (χ1n) is 5.13. The molecule has 17 heavy (non-hydrogen) atoms. The average molecular weight is 249 g/mol. The second-order valence-electron chi connectivity index (χ2n) is 3.84. The van der Waals surface area contributed by atoms with Gasteiger partial charge in [-0.05, 0) is 6.07 Å². The van der Waals surface area contributed by atoms with Gasteiger partial charge in [-0.15, -0.1) is 11.3 Å². The minimum atomic E-state index is -0.430. The van der Waals surface area contributed by atoms with E-state index >= 15 is 0 Å². The Balaban J connectivity index is 1.93. The Morgan fingerprint density at radius 2 is 2.41 bits per heavy atom. The van der Waals surface area contributed by atoms with Crippen LogP contribution in [0.2, 0.25) is 0 Å². The molecule has 0 radical (unpaired) electrons. The molecule has 2 amide bonds. The number of rotatable bonds is 3. The number of hydrogen-bond donors (Lipinski definition) is 1. The van der Waals surface area contributed by atoms with Gasteiger partial charge in [0.1, 0.15) is 6.07 Å². The van der Waals surface area contributed by atoms with Gasteiger partial charge in [0.2, 0.25) is 11.8 Å². The van der Waals surface area contributed by atoms with Crippen molar-refractivity contribution in [3.8, 4) is 6.07 Å². The minimum absolute atomic E-state index is 0.156. The molecule has 1 atom stereocenters. The monoisotopic (exact) mass is 249 g/mol. The summed E-state index contributed by atoms with van der Waals surface area (Å²) in [5.41, 5.74) is 0.623. The van der Waals surface area contributed by atoms with Crippen molar-refractivity contribution in [1.29, 1.82) is 5.26 Å². The van der Waals surface area contributed by atoms with Crippen LogP contribution in [0.5, 0.6) is 0 Å². The maximum atomic E-state index is 11.6. The van der Waals surface area contributed by atoms with Crippen molar-refractivity contribution in [2.24, 2.45) is 0 Å². The highest BCUT2D eigenvalue weighted by molar-refractivity contribution is 7.10. The van der Waals surface area contributed by atoms with E-state index in [9.17, 15) is 9.59 Å². The smallest absolute Gasteiger partial charge is 0.246 e. The number of carbonyl (C=O) groups excluding carboxylic acids is 2. The number of imide groups is 1. The number of likely N-dealkylation sites (N-methyl/N-ethyl adjacent to an activating group) is 1. The van der Waals surface area contributed by atoms with E-state index in [1.165, 1.54) is 18.4 Å². The van der Waals surface area contributed by atoms with Gasteiger partial charge in [0.05, 0.1) is 18.0 Å². The van der Waals surface area contributed by atoms with Crippen LogP contribution in [0.4, 0.5) is 0 Å². The topological polar surface area (TPSA) is 73.2 Å². The predicted molar refractivity (Wildman–Crippen MR) is 62.1 cm³/mol. The number of nitrogens with one attached hydrogen (secondary N) is 1. The number of amides is 2. The first kappa shape index (κ1) is 11.8. The summed E-state index contributed by atoms with van der Waals surface area (Å²) in [6.07, 6.45) is 0.214. The van der Waals surface area contributed by atoms with Crippen molar-refractivity contribution in [3.05, 3.63) is 21.9 Å². The van der Waals surface area contributed by atoms with Gasteiger partial charge in [0, 0.05) is 23.8 Å². The lowest BCUT2D eigenvalue weighted by atomic mass is 10.2. The molecule has 1 aliphatic heterocycles. The Bertz CT molecular complexity index is 503. The molecule has 0 spiro atoms. The maximum Gasteiger partial charge on any atom is 0.246 e. The molecule has 0 bridgehead atoms. The van der Waals surface area contributed by atoms with Crippen molar-refractivity contribution in [3.63, 3.8) is 0 Å². The van der Waals surface area contributed by atoms with Crippen LogP contribution in [0, 0.1) is 11.3 Å². The van der Waals surface area contributed by atoms with E-state index in [4.69, 9.17) is 5.26 Å². The van der Waals surface area contributed by atoms with Gasteiger partial charge >= 0.3 is 0 Å². The summed E-state index contributed by atoms with van der Waals surface area (Å²) in [5.74, 6) is -0.344. The molecule has 1 N–H and O–H groups in total. The third-order valence-electron chi connectivity index (χ3n) is 2.69. The van der Waals surface area contributed by atoms with E-state index in [1.807, 2.05) is 0 Å². The van der Waals surface area contributed by atoms with Crippen LogP contribution in [0.3, 0.4) is 0 Å². The van der Waals surface area contributed by atoms with Crippen molar-refractivity contribution in [2.45, 2.75) is 19.0 Å². The average Bonchev–Trinajstić information content (AvgIpc) is 2.88. The normalized spacial score (nSPS) is 19.8. The van der Waals surface area contributed by atoms with Gasteiger partial charge in [-0.2, -0.15) is 5.26 Å². The standard InChI is InChI=1S/C11H11N3O2S/c1-14-10(15)3-9(11(14)16)13-5-8-2-7(4-12)6-17-8/h2,6,9,13H,3,5H2,1H3. The highest BCUT2D eigenvalue weighted by Crippen LogP contribution is 2.15. The van der Waals surface area contributed by atoms with Crippen molar-refractivity contribution in [2.75, 3.05) is 7.05 Å². The lowest BCUT2D eigenvalue weighted by Crippen LogP contribution is -2.36. The maximum absolute atomic E-state index is 11.6. The third kappa shape index (κ3) is 2.35. The third-order valence-corrected chi connectivity index (χ3v) is 3.62. The molecule has 1 fully saturated rings. The van der Waals surface area contributed by atoms with Gasteiger partial charge in [0.25, 0.3) is 0 Å². The Morgan fingerprint density at radius 3 is 2.94 bits per heavy atom. The van der Waals surface area contributed by atoms with Gasteiger partial charge in [-0.3, -0.25) is 14.5 Å². The quantitative estimate of drug-likeness (QED) is 0.790. The fraction of sp³-hybridized carbons (Fsp3) is 0.364. The van der Waals surface area contributed by atoms with E-state index in [0.717, 1.165) is 9.78 Å². The van der Waals surface area contributed by atoms with Crippen molar-refractivity contribution >= 4 is 23.2 Å². The van der Waals surface area contributed by atoms with Crippen LogP contribution >= 0.6 is 11.3 Å². The zero-order chi connectivity index (χ0) is 12.4. The number of nitrogens with zero attached hydrogens (tertiary/aromatic N) is 2. The molecule has 0 saturated carbocycles. The molecule has 2 rings (SSSR count). The second-order valence-corrected chi connectivity index (χ2v) is 4.84. The van der Waals surface area contributed by atoms with Crippen LogP contribution in [0.15, 0.2) is 11.4 Å². The molecule has 88 valence electrons. The fourth-order valence-corrected chi connectivity index (χ4v) is 2.43. The molecule has 2 heterocycles. The molecule has 1 aromatic rings. The zero-order valence-corrected chi connectivity index (χ0v) is 10.1. The number of thiophene rings is 1. The molecule has 5 nitrogen and oxygen atoms in total. The molecule has 1 aliphatic rings. The Labute approximate surface area is 103 Å². The number of carbonyl (C=O) groups is 2. The molecule has 1 saturated heterocycles. The van der Waals surface area contributed by atoms with Gasteiger partial charge in [0.15, 0.2) is 0 Å². The van der Waals surface area contributed by atoms with Crippen LogP contribution in [-0.2, 0) is 16.1 Å². The van der Waals surface area contributed by atoms with Gasteiger partial charge < -0.3 is 5.32 Å². The van der Waals surface area contributed by atoms with Gasteiger partial charge in [-0.1, -0.05) is 0 Å². The molecular weight excluding hydrogens is 238 g/mol. The summed E-state index contributed by atoms with van der Waals surface area (Å²) < 4.78 is 0. The zero-order valence-electron chi connectivity index (χ0n) is 9.27. The summed E-state index contributed by atoms with van der Waals surface area (Å²) in [6.45, 7) is 0.504. The summed E-state index contributed by atoms with van der Waals surface area (Å²) in [6, 6.07) is 3.40. The summed E-state index contributed by atoms with van der Waals surface area (Å²) in [5, 5.41) is 13.5. The van der Waals surface area contributed by atoms with Crippen LogP contribution < -0.4 is 5.32 Å². The lowest BCUT2D eigenvalue weighted by molar-refractivity contribution is -0.137. The molecular formula is C11H11N3O2S. The van der Waals surface area contributed by atoms with E-state index in [0.29, 0.717) is 12.1 Å². The van der Waals surface area contributed by atoms with Crippen molar-refractivity contribution < 1.29 is 9.59 Å². The molecule has 1 aromatic heterocycles. The number of likely N-dealkylation sites (tertiary alicyclic amines) is 1. The van der Waals surface area contributed by atoms with Crippen LogP contribution in [-0.4, -0.2) is 29.8 Å². The fourth-order valence-electron chi connectivity index (χ4n) is 1.67. The molecule has 0 aliphatic carbocycles. The lowest BCUT2D eigenvalue weighted by Gasteiger charge is -2.09. The molecule has 6 heteroatoms. The minimum Gasteiger partial charge on any atom is -0.300 e. The largest absolute Gasteiger partial charge is 0.300 e. The van der Waals surface area contributed by atoms with Crippen molar-refractivity contribution in [1.82, 2.24) is 10.2 Å². The Morgan fingerprint density at radius 1 is 1.65 bits per heavy atom. The SMILES string of the molecule is CN1C(=O)CC(NCc2cc(C#N)cs2)C1=O. The van der Waals surface area contributed by atoms with E-state index < -0.39 is 6.04 Å². The van der Waals surface area contributed by atoms with Crippen LogP contribution in [0.25, 0.3) is 0 Å². The van der Waals surface area contributed by atoms with Gasteiger partial charge in [-0.25, -0.2) is 0 Å². The number of hydrogen-bond acceptors (Lipinski definition) is 5. The first-order chi connectivity index (χ1) is 8.11. The van der Waals surface area contributed by atoms with E-state index in [1.54, 1.807) is 11.4 Å². The summed E-state index contributed by atoms with van der Waals surface area (Å²) in [4.78, 5) is 25.0. The highest BCUT2D eigenvalue weighted by Gasteiger charge is 2.35. The summed E-state index contributed by atoms with van der Waals surface area (Å²) >= 11 is 1.47. The first-order valence-corrected chi connectivity index (χ1v) is 6.01. The Hall–Kier alpha value is -1.71. The predicted octanol–water partition coefficient (Wildman–Crippen LogP) is 0.467. The molecule has 0 aromatic carbocycles. The summed E-state index contributed by atoms with van der Waals surface area (Å²) in [7, 11) is 1.49. The van der Waals surface area contributed by atoms with E-state index in [-0.39, 0.29) is 18.2 Å². The van der Waals surface area contributed by atoms with E-state index in [2.05, 4.69) is 11.4 Å². The second kappa shape index (κ2) is 4.65. The highest BCUT2D eigenvalue weighted by atomic mass is 32.1. The van der Waals surface area contributed by atoms with Crippen LogP contribution in [0.1, 0.15) is 16.9 Å². The number of nitriles is 1. The Kier molecular flexibility index (Phi) is 3.22. The molecule has 1 unspecified atom stereocenters.